The topological polar surface area (TPSA) is 131 Å². The number of fused-ring (bicyclic) bond motifs is 1. The lowest BCUT2D eigenvalue weighted by Gasteiger charge is -2.57. The third kappa shape index (κ3) is 3.48. The number of aromatic nitrogens is 1. The summed E-state index contributed by atoms with van der Waals surface area (Å²) < 4.78 is 42.7. The zero-order chi connectivity index (χ0) is 22.4. The third-order valence-corrected chi connectivity index (χ3v) is 8.33. The Morgan fingerprint density at radius 2 is 2.19 bits per heavy atom. The van der Waals surface area contributed by atoms with Gasteiger partial charge in [-0.25, -0.2) is 13.7 Å². The molecular weight excluding hydrogens is 425 g/mol. The maximum absolute atomic E-state index is 15.0. The number of benzene rings is 1. The van der Waals surface area contributed by atoms with Crippen LogP contribution in [-0.4, -0.2) is 49.7 Å². The summed E-state index contributed by atoms with van der Waals surface area (Å²) in [5, 5.41) is 13.2. The monoisotopic (exact) mass is 449 g/mol. The van der Waals surface area contributed by atoms with Crippen molar-refractivity contribution >= 4 is 28.3 Å². The highest BCUT2D eigenvalue weighted by Crippen LogP contribution is 2.62. The number of nitrogens with zero attached hydrogens (tertiary/aromatic N) is 2. The minimum absolute atomic E-state index is 0.164. The number of amides is 1. The first kappa shape index (κ1) is 21.3. The van der Waals surface area contributed by atoms with Crippen LogP contribution in [0.4, 0.5) is 10.1 Å². The van der Waals surface area contributed by atoms with Crippen molar-refractivity contribution in [1.29, 1.82) is 5.41 Å². The molecule has 0 spiro atoms. The van der Waals surface area contributed by atoms with Gasteiger partial charge in [0.05, 0.1) is 24.1 Å². The van der Waals surface area contributed by atoms with E-state index in [-0.39, 0.29) is 17.2 Å². The van der Waals surface area contributed by atoms with Gasteiger partial charge in [-0.3, -0.25) is 19.3 Å². The first-order valence-electron chi connectivity index (χ1n) is 9.68. The Kier molecular flexibility index (Phi) is 5.28. The number of carbonyl (C=O) groups is 1. The van der Waals surface area contributed by atoms with E-state index in [1.165, 1.54) is 44.6 Å². The van der Waals surface area contributed by atoms with E-state index in [9.17, 15) is 18.3 Å². The van der Waals surface area contributed by atoms with E-state index in [4.69, 9.17) is 10.1 Å². The SMILES string of the molecule is COc1ccc(C(=O)Nc2ccc(F)c([C@]34CCC[C@H]3S(O)(O)N(C)C(=N)N4)c2)nc1. The average Bonchev–Trinajstić information content (AvgIpc) is 3.19. The molecule has 1 aliphatic heterocycles. The van der Waals surface area contributed by atoms with Gasteiger partial charge in [0.2, 0.25) is 5.96 Å². The van der Waals surface area contributed by atoms with Crippen LogP contribution in [0.1, 0.15) is 35.3 Å². The summed E-state index contributed by atoms with van der Waals surface area (Å²) in [6.45, 7) is 0. The number of nitrogens with one attached hydrogen (secondary N) is 3. The Labute approximate surface area is 180 Å². The van der Waals surface area contributed by atoms with Crippen LogP contribution < -0.4 is 15.4 Å². The lowest BCUT2D eigenvalue weighted by molar-refractivity contribution is 0.102. The van der Waals surface area contributed by atoms with Crippen molar-refractivity contribution in [2.45, 2.75) is 30.1 Å². The molecule has 11 heteroatoms. The number of rotatable bonds is 4. The molecule has 2 fully saturated rings. The van der Waals surface area contributed by atoms with Gasteiger partial charge in [0.25, 0.3) is 5.91 Å². The van der Waals surface area contributed by atoms with Crippen LogP contribution in [0.15, 0.2) is 36.5 Å². The second-order valence-corrected chi connectivity index (χ2v) is 9.86. The third-order valence-electron chi connectivity index (χ3n) is 5.94. The predicted molar refractivity (Wildman–Crippen MR) is 116 cm³/mol. The molecule has 1 aromatic heterocycles. The number of anilines is 1. The summed E-state index contributed by atoms with van der Waals surface area (Å²) in [4.78, 5) is 16.6. The summed E-state index contributed by atoms with van der Waals surface area (Å²) in [6.07, 6.45) is 2.96. The van der Waals surface area contributed by atoms with E-state index in [2.05, 4.69) is 15.6 Å². The van der Waals surface area contributed by atoms with Crippen LogP contribution in [0.25, 0.3) is 0 Å². The van der Waals surface area contributed by atoms with Crippen molar-refractivity contribution in [1.82, 2.24) is 14.6 Å². The molecule has 1 aliphatic carbocycles. The predicted octanol–water partition coefficient (Wildman–Crippen LogP) is 3.36. The minimum atomic E-state index is -3.33. The number of carbonyl (C=O) groups excluding carboxylic acids is 1. The number of ether oxygens (including phenoxy) is 1. The molecule has 1 saturated carbocycles. The smallest absolute Gasteiger partial charge is 0.274 e. The van der Waals surface area contributed by atoms with Gasteiger partial charge in [-0.15, -0.1) is 10.8 Å². The average molecular weight is 450 g/mol. The molecule has 31 heavy (non-hydrogen) atoms. The number of halogens is 1. The van der Waals surface area contributed by atoms with E-state index >= 15 is 0 Å². The van der Waals surface area contributed by atoms with Crippen molar-refractivity contribution in [3.63, 3.8) is 0 Å². The summed E-state index contributed by atoms with van der Waals surface area (Å²) in [5.41, 5.74) is -0.459. The molecular formula is C20H24FN5O4S. The number of hydrogen-bond acceptors (Lipinski definition) is 6. The highest BCUT2D eigenvalue weighted by molar-refractivity contribution is 8.23. The molecule has 2 aliphatic rings. The summed E-state index contributed by atoms with van der Waals surface area (Å²) >= 11 is 0. The molecule has 0 bridgehead atoms. The number of methoxy groups -OCH3 is 1. The first-order chi connectivity index (χ1) is 14.7. The molecule has 5 N–H and O–H groups in total. The fourth-order valence-electron chi connectivity index (χ4n) is 4.31. The molecule has 1 amide bonds. The van der Waals surface area contributed by atoms with E-state index in [0.29, 0.717) is 30.7 Å². The molecule has 0 radical (unpaired) electrons. The van der Waals surface area contributed by atoms with Crippen molar-refractivity contribution in [3.05, 3.63) is 53.6 Å². The zero-order valence-corrected chi connectivity index (χ0v) is 17.9. The summed E-state index contributed by atoms with van der Waals surface area (Å²) in [5.74, 6) is -0.697. The van der Waals surface area contributed by atoms with Gasteiger partial charge in [0, 0.05) is 18.3 Å². The molecule has 2 atom stereocenters. The van der Waals surface area contributed by atoms with Gasteiger partial charge >= 0.3 is 0 Å². The maximum atomic E-state index is 15.0. The normalized spacial score (nSPS) is 25.4. The Balaban J connectivity index is 1.67. The van der Waals surface area contributed by atoms with Gasteiger partial charge < -0.3 is 15.4 Å². The lowest BCUT2D eigenvalue weighted by Crippen LogP contribution is -2.63. The Morgan fingerprint density at radius 3 is 2.87 bits per heavy atom. The molecule has 1 saturated heterocycles. The van der Waals surface area contributed by atoms with Crippen LogP contribution in [0.2, 0.25) is 0 Å². The van der Waals surface area contributed by atoms with Gasteiger partial charge in [-0.2, -0.15) is 0 Å². The summed E-state index contributed by atoms with van der Waals surface area (Å²) in [6, 6.07) is 7.26. The Morgan fingerprint density at radius 1 is 1.42 bits per heavy atom. The van der Waals surface area contributed by atoms with E-state index in [1.54, 1.807) is 6.07 Å². The Bertz CT molecular complexity index is 1030. The molecule has 2 aromatic rings. The van der Waals surface area contributed by atoms with Gasteiger partial charge in [-0.1, -0.05) is 0 Å². The van der Waals surface area contributed by atoms with Crippen LogP contribution in [0.3, 0.4) is 0 Å². The van der Waals surface area contributed by atoms with Gasteiger partial charge in [0.15, 0.2) is 0 Å². The highest BCUT2D eigenvalue weighted by Gasteiger charge is 2.57. The second-order valence-electron chi connectivity index (χ2n) is 7.62. The molecule has 0 unspecified atom stereocenters. The van der Waals surface area contributed by atoms with Crippen molar-refractivity contribution in [3.8, 4) is 5.75 Å². The van der Waals surface area contributed by atoms with E-state index < -0.39 is 33.3 Å². The highest BCUT2D eigenvalue weighted by atomic mass is 32.3. The minimum Gasteiger partial charge on any atom is -0.495 e. The van der Waals surface area contributed by atoms with E-state index in [0.717, 1.165) is 4.31 Å². The van der Waals surface area contributed by atoms with Gasteiger partial charge in [0.1, 0.15) is 17.3 Å². The number of guanidine groups is 1. The molecule has 4 rings (SSSR count). The largest absolute Gasteiger partial charge is 0.495 e. The first-order valence-corrected chi connectivity index (χ1v) is 11.2. The maximum Gasteiger partial charge on any atom is 0.274 e. The van der Waals surface area contributed by atoms with Crippen molar-refractivity contribution in [2.75, 3.05) is 19.5 Å². The number of hydrogen-bond donors (Lipinski definition) is 5. The van der Waals surface area contributed by atoms with Crippen LogP contribution in [0, 0.1) is 11.2 Å². The van der Waals surface area contributed by atoms with E-state index in [1.807, 2.05) is 0 Å². The van der Waals surface area contributed by atoms with Crippen LogP contribution in [0.5, 0.6) is 5.75 Å². The van der Waals surface area contributed by atoms with Crippen molar-refractivity contribution in [2.24, 2.45) is 0 Å². The fraction of sp³-hybridized carbons (Fsp3) is 0.350. The fourth-order valence-corrected chi connectivity index (χ4v) is 6.33. The zero-order valence-electron chi connectivity index (χ0n) is 17.1. The number of pyridine rings is 1. The van der Waals surface area contributed by atoms with Crippen molar-refractivity contribution < 1.29 is 23.0 Å². The standard InChI is InChI=1S/C20H24FN5O4S/c1-26-19(22)25-20(9-3-4-17(20)31(26,28)29)14-10-12(5-7-15(14)21)24-18(27)16-8-6-13(30-2)11-23-16/h5-8,10-11,17,28-29H,3-4,9H2,1-2H3,(H2,22,25)(H,24,27)/t17-,20-/m1/s1. The molecule has 166 valence electrons. The Hall–Kier alpha value is -2.89. The quantitative estimate of drug-likeness (QED) is 0.484. The summed E-state index contributed by atoms with van der Waals surface area (Å²) in [7, 11) is -0.396. The second kappa shape index (κ2) is 7.66. The van der Waals surface area contributed by atoms with Gasteiger partial charge in [-0.05, 0) is 49.6 Å². The molecule has 1 aromatic carbocycles. The molecule has 2 heterocycles. The lowest BCUT2D eigenvalue weighted by atomic mass is 9.86. The molecule has 9 nitrogen and oxygen atoms in total. The van der Waals surface area contributed by atoms with Crippen LogP contribution >= 0.6 is 10.8 Å². The van der Waals surface area contributed by atoms with Crippen LogP contribution in [-0.2, 0) is 5.54 Å².